The van der Waals surface area contributed by atoms with Gasteiger partial charge in [0.05, 0.1) is 16.1 Å². The van der Waals surface area contributed by atoms with E-state index in [-0.39, 0.29) is 0 Å². The maximum absolute atomic E-state index is 6.24. The first-order chi connectivity index (χ1) is 8.27. The zero-order valence-corrected chi connectivity index (χ0v) is 11.1. The lowest BCUT2D eigenvalue weighted by atomic mass is 10.3. The Morgan fingerprint density at radius 3 is 2.88 bits per heavy atom. The largest absolute Gasteiger partial charge is 0.327 e. The van der Waals surface area contributed by atoms with Crippen LogP contribution in [-0.2, 0) is 13.0 Å². The Morgan fingerprint density at radius 2 is 2.18 bits per heavy atom. The fourth-order valence-corrected chi connectivity index (χ4v) is 2.37. The van der Waals surface area contributed by atoms with Gasteiger partial charge in [0, 0.05) is 19.5 Å². The third-order valence-corrected chi connectivity index (χ3v) is 3.19. The second-order valence-electron chi connectivity index (χ2n) is 3.98. The molecule has 1 aromatic carbocycles. The Labute approximate surface area is 107 Å². The Kier molecular flexibility index (Phi) is 4.02. The molecule has 92 valence electrons. The third-order valence-electron chi connectivity index (χ3n) is 2.89. The summed E-state index contributed by atoms with van der Waals surface area (Å²) in [6.07, 6.45) is 0.937. The zero-order valence-electron chi connectivity index (χ0n) is 10.3. The van der Waals surface area contributed by atoms with Gasteiger partial charge in [-0.05, 0) is 25.6 Å². The van der Waals surface area contributed by atoms with E-state index < -0.39 is 0 Å². The number of nitrogens with one attached hydrogen (secondary N) is 1. The van der Waals surface area contributed by atoms with E-state index in [1.807, 2.05) is 18.2 Å². The monoisotopic (exact) mass is 251 g/mol. The summed E-state index contributed by atoms with van der Waals surface area (Å²) < 4.78 is 2.20. The first kappa shape index (κ1) is 12.4. The highest BCUT2D eigenvalue weighted by molar-refractivity contribution is 6.35. The number of hydrogen-bond donors (Lipinski definition) is 1. The van der Waals surface area contributed by atoms with Gasteiger partial charge in [0.25, 0.3) is 0 Å². The van der Waals surface area contributed by atoms with E-state index in [1.165, 1.54) is 0 Å². The number of para-hydroxylation sites is 1. The molecule has 0 aliphatic heterocycles. The third kappa shape index (κ3) is 2.45. The fourth-order valence-electron chi connectivity index (χ4n) is 2.10. The number of benzene rings is 1. The summed E-state index contributed by atoms with van der Waals surface area (Å²) in [4.78, 5) is 4.65. The smallest absolute Gasteiger partial charge is 0.111 e. The number of rotatable bonds is 5. The van der Waals surface area contributed by atoms with Crippen LogP contribution in [0, 0.1) is 0 Å². The number of likely N-dealkylation sites (N-methyl/N-ethyl adjacent to an activating group) is 1. The molecule has 0 aliphatic carbocycles. The average Bonchev–Trinajstić information content (AvgIpc) is 2.68. The van der Waals surface area contributed by atoms with E-state index in [1.54, 1.807) is 0 Å². The Balaban J connectivity index is 2.38. The van der Waals surface area contributed by atoms with Gasteiger partial charge in [-0.25, -0.2) is 4.98 Å². The van der Waals surface area contributed by atoms with Crippen molar-refractivity contribution in [2.75, 3.05) is 13.1 Å². The number of nitrogens with zero attached hydrogens (tertiary/aromatic N) is 2. The van der Waals surface area contributed by atoms with Crippen LogP contribution < -0.4 is 5.32 Å². The van der Waals surface area contributed by atoms with Gasteiger partial charge in [-0.15, -0.1) is 0 Å². The maximum atomic E-state index is 6.24. The molecule has 0 bridgehead atoms. The quantitative estimate of drug-likeness (QED) is 0.829. The van der Waals surface area contributed by atoms with Crippen LogP contribution in [0.15, 0.2) is 18.2 Å². The minimum absolute atomic E-state index is 0.784. The number of aromatic nitrogens is 2. The molecule has 4 heteroatoms. The summed E-state index contributed by atoms with van der Waals surface area (Å²) in [5, 5.41) is 4.10. The normalized spacial score (nSPS) is 11.2. The molecule has 0 saturated heterocycles. The molecule has 0 atom stereocenters. The van der Waals surface area contributed by atoms with Gasteiger partial charge >= 0.3 is 0 Å². The number of fused-ring (bicyclic) bond motifs is 1. The van der Waals surface area contributed by atoms with E-state index in [0.717, 1.165) is 47.9 Å². The van der Waals surface area contributed by atoms with Crippen molar-refractivity contribution in [2.45, 2.75) is 26.8 Å². The van der Waals surface area contributed by atoms with Crippen LogP contribution in [0.4, 0.5) is 0 Å². The highest BCUT2D eigenvalue weighted by Crippen LogP contribution is 2.24. The van der Waals surface area contributed by atoms with Crippen molar-refractivity contribution in [3.8, 4) is 0 Å². The second kappa shape index (κ2) is 5.52. The summed E-state index contributed by atoms with van der Waals surface area (Å²) in [5.74, 6) is 1.11. The number of halogens is 1. The van der Waals surface area contributed by atoms with Gasteiger partial charge in [-0.2, -0.15) is 0 Å². The van der Waals surface area contributed by atoms with Crippen molar-refractivity contribution >= 4 is 22.6 Å². The van der Waals surface area contributed by atoms with Crippen molar-refractivity contribution in [2.24, 2.45) is 0 Å². The van der Waals surface area contributed by atoms with Crippen LogP contribution in [0.3, 0.4) is 0 Å². The molecule has 0 saturated carbocycles. The van der Waals surface area contributed by atoms with E-state index in [0.29, 0.717) is 0 Å². The van der Waals surface area contributed by atoms with Crippen LogP contribution >= 0.6 is 11.6 Å². The first-order valence-corrected chi connectivity index (χ1v) is 6.50. The second-order valence-corrected chi connectivity index (χ2v) is 4.39. The highest BCUT2D eigenvalue weighted by Gasteiger charge is 2.11. The number of imidazole rings is 1. The lowest BCUT2D eigenvalue weighted by Gasteiger charge is -2.06. The molecule has 1 heterocycles. The SMILES string of the molecule is CCNCCc1nc2cccc(Cl)c2n1CC. The van der Waals surface area contributed by atoms with Crippen LogP contribution in [0.25, 0.3) is 11.0 Å². The standard InChI is InChI=1S/C13H18ClN3/c1-3-15-9-8-12-16-11-7-5-6-10(14)13(11)17(12)4-2/h5-7,15H,3-4,8-9H2,1-2H3. The molecule has 2 aromatic rings. The van der Waals surface area contributed by atoms with Crippen LogP contribution in [0.2, 0.25) is 5.02 Å². The van der Waals surface area contributed by atoms with Gasteiger partial charge in [0.2, 0.25) is 0 Å². The summed E-state index contributed by atoms with van der Waals surface area (Å²) in [5.41, 5.74) is 2.05. The Morgan fingerprint density at radius 1 is 1.35 bits per heavy atom. The van der Waals surface area contributed by atoms with Gasteiger partial charge in [0.1, 0.15) is 5.82 Å². The summed E-state index contributed by atoms with van der Waals surface area (Å²) in [7, 11) is 0. The summed E-state index contributed by atoms with van der Waals surface area (Å²) >= 11 is 6.24. The molecule has 2 rings (SSSR count). The molecule has 0 unspecified atom stereocenters. The summed E-state index contributed by atoms with van der Waals surface area (Å²) in [6.45, 7) is 7.09. The van der Waals surface area contributed by atoms with Crippen molar-refractivity contribution in [1.82, 2.24) is 14.9 Å². The predicted molar refractivity (Wildman–Crippen MR) is 72.7 cm³/mol. The molecular formula is C13H18ClN3. The van der Waals surface area contributed by atoms with Crippen molar-refractivity contribution in [3.63, 3.8) is 0 Å². The molecule has 0 amide bonds. The molecule has 3 nitrogen and oxygen atoms in total. The lowest BCUT2D eigenvalue weighted by molar-refractivity contribution is 0.655. The van der Waals surface area contributed by atoms with Gasteiger partial charge in [-0.1, -0.05) is 24.6 Å². The van der Waals surface area contributed by atoms with Crippen molar-refractivity contribution in [3.05, 3.63) is 29.0 Å². The highest BCUT2D eigenvalue weighted by atomic mass is 35.5. The topological polar surface area (TPSA) is 29.9 Å². The molecular weight excluding hydrogens is 234 g/mol. The molecule has 0 spiro atoms. The minimum Gasteiger partial charge on any atom is -0.327 e. The first-order valence-electron chi connectivity index (χ1n) is 6.12. The Hall–Kier alpha value is -1.06. The van der Waals surface area contributed by atoms with E-state index in [9.17, 15) is 0 Å². The number of hydrogen-bond acceptors (Lipinski definition) is 2. The molecule has 0 radical (unpaired) electrons. The van der Waals surface area contributed by atoms with Crippen LogP contribution in [0.5, 0.6) is 0 Å². The van der Waals surface area contributed by atoms with Crippen molar-refractivity contribution in [1.29, 1.82) is 0 Å². The van der Waals surface area contributed by atoms with Crippen LogP contribution in [0.1, 0.15) is 19.7 Å². The average molecular weight is 252 g/mol. The van der Waals surface area contributed by atoms with Crippen molar-refractivity contribution < 1.29 is 0 Å². The molecule has 0 fully saturated rings. The molecule has 1 N–H and O–H groups in total. The van der Waals surface area contributed by atoms with E-state index >= 15 is 0 Å². The fraction of sp³-hybridized carbons (Fsp3) is 0.462. The number of aryl methyl sites for hydroxylation is 1. The van der Waals surface area contributed by atoms with Gasteiger partial charge in [0.15, 0.2) is 0 Å². The minimum atomic E-state index is 0.784. The van der Waals surface area contributed by atoms with E-state index in [2.05, 4.69) is 28.7 Å². The molecule has 17 heavy (non-hydrogen) atoms. The molecule has 0 aliphatic rings. The van der Waals surface area contributed by atoms with Gasteiger partial charge < -0.3 is 9.88 Å². The van der Waals surface area contributed by atoms with E-state index in [4.69, 9.17) is 11.6 Å². The zero-order chi connectivity index (χ0) is 12.3. The summed E-state index contributed by atoms with van der Waals surface area (Å²) in [6, 6.07) is 5.89. The maximum Gasteiger partial charge on any atom is 0.111 e. The van der Waals surface area contributed by atoms with Gasteiger partial charge in [-0.3, -0.25) is 0 Å². The lowest BCUT2D eigenvalue weighted by Crippen LogP contribution is -2.18. The Bertz CT molecular complexity index is 505. The predicted octanol–water partition coefficient (Wildman–Crippen LogP) is 2.86. The molecule has 1 aromatic heterocycles. The van der Waals surface area contributed by atoms with Crippen LogP contribution in [-0.4, -0.2) is 22.6 Å².